The number of halogens is 1. The molecule has 0 amide bonds. The smallest absolute Gasteiger partial charge is 0.123 e. The van der Waals surface area contributed by atoms with Crippen LogP contribution < -0.4 is 0 Å². The van der Waals surface area contributed by atoms with Gasteiger partial charge in [-0.05, 0) is 42.6 Å². The lowest BCUT2D eigenvalue weighted by molar-refractivity contribution is 0.0664. The van der Waals surface area contributed by atoms with Crippen molar-refractivity contribution in [2.24, 2.45) is 0 Å². The van der Waals surface area contributed by atoms with E-state index in [0.29, 0.717) is 6.04 Å². The number of benzene rings is 1. The Balaban J connectivity index is 1.79. The molecule has 1 aromatic rings. The highest BCUT2D eigenvalue weighted by Gasteiger charge is 2.32. The molecule has 0 saturated carbocycles. The van der Waals surface area contributed by atoms with Crippen molar-refractivity contribution >= 4 is 0 Å². The van der Waals surface area contributed by atoms with Crippen LogP contribution in [0.1, 0.15) is 36.9 Å². The van der Waals surface area contributed by atoms with Gasteiger partial charge in [-0.15, -0.1) is 0 Å². The number of unbranched alkanes of at least 4 members (excludes halogenated alkanes) is 1. The highest BCUT2D eigenvalue weighted by atomic mass is 19.1. The first kappa shape index (κ1) is 13.1. The maximum absolute atomic E-state index is 13.5. The highest BCUT2D eigenvalue weighted by molar-refractivity contribution is 5.33. The van der Waals surface area contributed by atoms with Crippen LogP contribution >= 0.6 is 0 Å². The van der Waals surface area contributed by atoms with Crippen molar-refractivity contribution < 1.29 is 4.39 Å². The summed E-state index contributed by atoms with van der Waals surface area (Å²) in [6.45, 7) is 7.92. The van der Waals surface area contributed by atoms with Crippen molar-refractivity contribution in [1.82, 2.24) is 9.80 Å². The van der Waals surface area contributed by atoms with Gasteiger partial charge in [-0.25, -0.2) is 4.39 Å². The molecule has 2 aliphatic rings. The predicted molar refractivity (Wildman–Crippen MR) is 75.8 cm³/mol. The van der Waals surface area contributed by atoms with Gasteiger partial charge in [0.1, 0.15) is 5.82 Å². The Labute approximate surface area is 115 Å². The number of hydrogen-bond acceptors (Lipinski definition) is 2. The minimum absolute atomic E-state index is 0.0914. The SMILES string of the molecule is CCCCN1CCN2CCc3ccc(F)cc3C2C1. The summed E-state index contributed by atoms with van der Waals surface area (Å²) in [5.41, 5.74) is 2.58. The van der Waals surface area contributed by atoms with Crippen LogP contribution in [-0.4, -0.2) is 42.5 Å². The minimum Gasteiger partial charge on any atom is -0.300 e. The van der Waals surface area contributed by atoms with Crippen LogP contribution in [0.2, 0.25) is 0 Å². The van der Waals surface area contributed by atoms with Crippen molar-refractivity contribution in [3.63, 3.8) is 0 Å². The molecular formula is C16H23FN2. The molecule has 0 bridgehead atoms. The molecule has 1 aromatic carbocycles. The summed E-state index contributed by atoms with van der Waals surface area (Å²) in [6, 6.07) is 5.75. The number of fused-ring (bicyclic) bond motifs is 3. The van der Waals surface area contributed by atoms with Gasteiger partial charge in [0.15, 0.2) is 0 Å². The van der Waals surface area contributed by atoms with Crippen molar-refractivity contribution in [1.29, 1.82) is 0 Å². The highest BCUT2D eigenvalue weighted by Crippen LogP contribution is 2.33. The Kier molecular flexibility index (Phi) is 3.85. The van der Waals surface area contributed by atoms with E-state index in [1.807, 2.05) is 6.07 Å². The predicted octanol–water partition coefficient (Wildman–Crippen LogP) is 2.84. The number of nitrogens with zero attached hydrogens (tertiary/aromatic N) is 2. The molecular weight excluding hydrogens is 239 g/mol. The summed E-state index contributed by atoms with van der Waals surface area (Å²) in [4.78, 5) is 5.08. The van der Waals surface area contributed by atoms with Crippen molar-refractivity contribution in [3.05, 3.63) is 35.1 Å². The Morgan fingerprint density at radius 3 is 3.00 bits per heavy atom. The fraction of sp³-hybridized carbons (Fsp3) is 0.625. The standard InChI is InChI=1S/C16H23FN2/c1-2-3-7-18-9-10-19-8-6-13-4-5-14(17)11-15(13)16(19)12-18/h4-5,11,16H,2-3,6-10,12H2,1H3. The van der Waals surface area contributed by atoms with E-state index in [2.05, 4.69) is 16.7 Å². The molecule has 1 fully saturated rings. The molecule has 19 heavy (non-hydrogen) atoms. The molecule has 1 atom stereocenters. The van der Waals surface area contributed by atoms with Crippen LogP contribution in [0.15, 0.2) is 18.2 Å². The zero-order valence-electron chi connectivity index (χ0n) is 11.7. The summed E-state index contributed by atoms with van der Waals surface area (Å²) in [5, 5.41) is 0. The Morgan fingerprint density at radius 1 is 1.26 bits per heavy atom. The topological polar surface area (TPSA) is 6.48 Å². The molecule has 104 valence electrons. The van der Waals surface area contributed by atoms with Gasteiger partial charge in [0.25, 0.3) is 0 Å². The summed E-state index contributed by atoms with van der Waals surface area (Å²) in [5.74, 6) is -0.0914. The van der Waals surface area contributed by atoms with E-state index < -0.39 is 0 Å². The molecule has 3 heteroatoms. The molecule has 0 aromatic heterocycles. The average molecular weight is 262 g/mol. The summed E-state index contributed by atoms with van der Waals surface area (Å²) in [6.07, 6.45) is 3.58. The van der Waals surface area contributed by atoms with Gasteiger partial charge in [0, 0.05) is 32.2 Å². The molecule has 0 N–H and O–H groups in total. The maximum Gasteiger partial charge on any atom is 0.123 e. The van der Waals surface area contributed by atoms with Gasteiger partial charge in [0.05, 0.1) is 0 Å². The van der Waals surface area contributed by atoms with Crippen LogP contribution in [0.3, 0.4) is 0 Å². The third-order valence-corrected chi connectivity index (χ3v) is 4.54. The summed E-state index contributed by atoms with van der Waals surface area (Å²) < 4.78 is 13.5. The van der Waals surface area contributed by atoms with Crippen LogP contribution in [-0.2, 0) is 6.42 Å². The molecule has 1 unspecified atom stereocenters. The van der Waals surface area contributed by atoms with Gasteiger partial charge in [-0.1, -0.05) is 19.4 Å². The van der Waals surface area contributed by atoms with Crippen LogP contribution in [0, 0.1) is 5.82 Å². The lowest BCUT2D eigenvalue weighted by Gasteiger charge is -2.45. The van der Waals surface area contributed by atoms with Crippen molar-refractivity contribution in [3.8, 4) is 0 Å². The average Bonchev–Trinajstić information content (AvgIpc) is 2.44. The zero-order valence-corrected chi connectivity index (χ0v) is 11.7. The molecule has 0 spiro atoms. The Morgan fingerprint density at radius 2 is 2.16 bits per heavy atom. The van der Waals surface area contributed by atoms with E-state index in [-0.39, 0.29) is 5.82 Å². The van der Waals surface area contributed by atoms with E-state index in [4.69, 9.17) is 0 Å². The first-order chi connectivity index (χ1) is 9.28. The van der Waals surface area contributed by atoms with Crippen LogP contribution in [0.5, 0.6) is 0 Å². The Bertz CT molecular complexity index is 446. The van der Waals surface area contributed by atoms with Gasteiger partial charge < -0.3 is 4.90 Å². The van der Waals surface area contributed by atoms with Crippen molar-refractivity contribution in [2.45, 2.75) is 32.2 Å². The molecule has 2 aliphatic heterocycles. The minimum atomic E-state index is -0.0914. The first-order valence-corrected chi connectivity index (χ1v) is 7.52. The van der Waals surface area contributed by atoms with Crippen LogP contribution in [0.4, 0.5) is 4.39 Å². The van der Waals surface area contributed by atoms with Gasteiger partial charge in [-0.2, -0.15) is 0 Å². The molecule has 2 nitrogen and oxygen atoms in total. The van der Waals surface area contributed by atoms with Gasteiger partial charge in [-0.3, -0.25) is 4.90 Å². The molecule has 1 saturated heterocycles. The zero-order chi connectivity index (χ0) is 13.2. The Hall–Kier alpha value is -0.930. The molecule has 0 aliphatic carbocycles. The van der Waals surface area contributed by atoms with Crippen LogP contribution in [0.25, 0.3) is 0 Å². The van der Waals surface area contributed by atoms with E-state index >= 15 is 0 Å². The molecule has 2 heterocycles. The molecule has 0 radical (unpaired) electrons. The van der Waals surface area contributed by atoms with E-state index in [1.54, 1.807) is 12.1 Å². The maximum atomic E-state index is 13.5. The second-order valence-electron chi connectivity index (χ2n) is 5.80. The molecule has 3 rings (SSSR count). The number of piperazine rings is 1. The van der Waals surface area contributed by atoms with E-state index in [1.165, 1.54) is 37.1 Å². The van der Waals surface area contributed by atoms with Crippen molar-refractivity contribution in [2.75, 3.05) is 32.7 Å². The third-order valence-electron chi connectivity index (χ3n) is 4.54. The summed E-state index contributed by atoms with van der Waals surface area (Å²) >= 11 is 0. The quantitative estimate of drug-likeness (QED) is 0.826. The lowest BCUT2D eigenvalue weighted by atomic mass is 9.90. The third kappa shape index (κ3) is 2.67. The largest absolute Gasteiger partial charge is 0.300 e. The number of rotatable bonds is 3. The summed E-state index contributed by atoms with van der Waals surface area (Å²) in [7, 11) is 0. The van der Waals surface area contributed by atoms with E-state index in [9.17, 15) is 4.39 Å². The fourth-order valence-electron chi connectivity index (χ4n) is 3.39. The van der Waals surface area contributed by atoms with E-state index in [0.717, 1.165) is 26.1 Å². The second-order valence-corrected chi connectivity index (χ2v) is 5.80. The monoisotopic (exact) mass is 262 g/mol. The van der Waals surface area contributed by atoms with Gasteiger partial charge >= 0.3 is 0 Å². The number of hydrogen-bond donors (Lipinski definition) is 0. The normalized spacial score (nSPS) is 24.0. The lowest BCUT2D eigenvalue weighted by Crippen LogP contribution is -2.51. The first-order valence-electron chi connectivity index (χ1n) is 7.52. The fourth-order valence-corrected chi connectivity index (χ4v) is 3.39. The second kappa shape index (κ2) is 5.59. The van der Waals surface area contributed by atoms with Gasteiger partial charge in [0.2, 0.25) is 0 Å².